The highest BCUT2D eigenvalue weighted by Gasteiger charge is 2.56. The average molecular weight is 440 g/mol. The van der Waals surface area contributed by atoms with E-state index >= 15 is 0 Å². The second-order valence-corrected chi connectivity index (χ2v) is 8.42. The minimum atomic E-state index is -0.696. The molecular weight excluding hydrogens is 410 g/mol. The van der Waals surface area contributed by atoms with Crippen molar-refractivity contribution in [3.63, 3.8) is 0 Å². The van der Waals surface area contributed by atoms with Crippen molar-refractivity contribution in [2.24, 2.45) is 4.99 Å². The second kappa shape index (κ2) is 8.29. The summed E-state index contributed by atoms with van der Waals surface area (Å²) >= 11 is 0. The first kappa shape index (κ1) is 21.9. The van der Waals surface area contributed by atoms with E-state index in [0.29, 0.717) is 5.96 Å². The molecule has 170 valence electrons. The molecule has 0 bridgehead atoms. The smallest absolute Gasteiger partial charge is 0.328 e. The molecule has 9 heteroatoms. The number of urea groups is 1. The third-order valence-corrected chi connectivity index (χ3v) is 6.50. The molecule has 0 aromatic heterocycles. The van der Waals surface area contributed by atoms with Crippen molar-refractivity contribution in [1.29, 1.82) is 0 Å². The van der Waals surface area contributed by atoms with E-state index in [1.165, 1.54) is 4.90 Å². The summed E-state index contributed by atoms with van der Waals surface area (Å²) in [6.07, 6.45) is 0.283. The number of rotatable bonds is 6. The monoisotopic (exact) mass is 439 g/mol. The van der Waals surface area contributed by atoms with E-state index < -0.39 is 36.7 Å². The van der Waals surface area contributed by atoms with Crippen LogP contribution in [-0.2, 0) is 20.9 Å². The summed E-state index contributed by atoms with van der Waals surface area (Å²) in [5.74, 6) is -0.384. The first-order valence-corrected chi connectivity index (χ1v) is 10.9. The zero-order valence-corrected chi connectivity index (χ0v) is 19.1. The Morgan fingerprint density at radius 2 is 1.84 bits per heavy atom. The van der Waals surface area contributed by atoms with Gasteiger partial charge in [0.05, 0.1) is 0 Å². The summed E-state index contributed by atoms with van der Waals surface area (Å²) in [6.45, 7) is 7.83. The van der Waals surface area contributed by atoms with Crippen LogP contribution in [0.2, 0.25) is 0 Å². The molecule has 1 fully saturated rings. The molecule has 3 aliphatic rings. The Balaban J connectivity index is 1.53. The van der Waals surface area contributed by atoms with E-state index in [1.807, 2.05) is 49.1 Å². The number of imide groups is 1. The molecule has 3 atom stereocenters. The fourth-order valence-corrected chi connectivity index (χ4v) is 4.41. The van der Waals surface area contributed by atoms with Crippen molar-refractivity contribution >= 4 is 23.9 Å². The van der Waals surface area contributed by atoms with Gasteiger partial charge in [0.1, 0.15) is 13.2 Å². The number of allylic oxidation sites excluding steroid dienone is 2. The molecule has 0 spiro atoms. The number of hydrogen-bond acceptors (Lipinski definition) is 7. The van der Waals surface area contributed by atoms with Gasteiger partial charge in [0.15, 0.2) is 12.2 Å². The molecule has 1 aromatic rings. The standard InChI is InChI=1S/C23H29N5O4/c1-6-14(2)27-15(3)16(4)28-19-20(24-22(27)28)25(5)23(31)26(21(19)30)12-18(29)32-13-17-10-8-7-9-11-17/h7-11,14,19-20H,6,12-13H2,1-5H3. The van der Waals surface area contributed by atoms with Crippen molar-refractivity contribution in [3.8, 4) is 0 Å². The van der Waals surface area contributed by atoms with Gasteiger partial charge in [-0.1, -0.05) is 37.3 Å². The van der Waals surface area contributed by atoms with Gasteiger partial charge in [0.25, 0.3) is 5.91 Å². The van der Waals surface area contributed by atoms with Gasteiger partial charge in [-0.2, -0.15) is 0 Å². The summed E-state index contributed by atoms with van der Waals surface area (Å²) < 4.78 is 5.30. The number of guanidine groups is 1. The number of carbonyl (C=O) groups excluding carboxylic acids is 3. The van der Waals surface area contributed by atoms with Gasteiger partial charge in [-0.25, -0.2) is 9.79 Å². The normalized spacial score (nSPS) is 23.5. The molecular formula is C23H29N5O4. The number of esters is 1. The van der Waals surface area contributed by atoms with E-state index in [9.17, 15) is 14.4 Å². The minimum absolute atomic E-state index is 0.0854. The van der Waals surface area contributed by atoms with Crippen LogP contribution in [-0.4, -0.2) is 75.3 Å². The Morgan fingerprint density at radius 1 is 1.16 bits per heavy atom. The zero-order chi connectivity index (χ0) is 23.2. The predicted octanol–water partition coefficient (Wildman–Crippen LogP) is 2.36. The summed E-state index contributed by atoms with van der Waals surface area (Å²) in [5, 5.41) is 0. The number of nitrogens with zero attached hydrogens (tertiary/aromatic N) is 5. The molecule has 4 rings (SSSR count). The van der Waals surface area contributed by atoms with E-state index in [2.05, 4.69) is 18.7 Å². The van der Waals surface area contributed by atoms with E-state index in [1.54, 1.807) is 7.05 Å². The van der Waals surface area contributed by atoms with Gasteiger partial charge in [0.2, 0.25) is 5.96 Å². The number of carbonyl (C=O) groups is 3. The van der Waals surface area contributed by atoms with E-state index in [0.717, 1.165) is 28.3 Å². The highest BCUT2D eigenvalue weighted by atomic mass is 16.5. The molecule has 3 amide bonds. The van der Waals surface area contributed by atoms with Gasteiger partial charge in [-0.15, -0.1) is 0 Å². The van der Waals surface area contributed by atoms with Crippen LogP contribution in [0.4, 0.5) is 4.79 Å². The lowest BCUT2D eigenvalue weighted by Gasteiger charge is -2.40. The number of ether oxygens (including phenoxy) is 1. The molecule has 3 unspecified atom stereocenters. The molecule has 0 aliphatic carbocycles. The van der Waals surface area contributed by atoms with Crippen LogP contribution >= 0.6 is 0 Å². The molecule has 32 heavy (non-hydrogen) atoms. The maximum Gasteiger partial charge on any atom is 0.328 e. The van der Waals surface area contributed by atoms with Crippen molar-refractivity contribution in [2.75, 3.05) is 13.6 Å². The maximum absolute atomic E-state index is 13.4. The van der Waals surface area contributed by atoms with Crippen LogP contribution in [0.15, 0.2) is 46.7 Å². The lowest BCUT2D eigenvalue weighted by atomic mass is 10.1. The quantitative estimate of drug-likeness (QED) is 0.633. The fourth-order valence-electron chi connectivity index (χ4n) is 4.41. The van der Waals surface area contributed by atoms with Gasteiger partial charge in [-0.05, 0) is 32.8 Å². The van der Waals surface area contributed by atoms with Crippen LogP contribution < -0.4 is 0 Å². The molecule has 0 N–H and O–H groups in total. The maximum atomic E-state index is 13.4. The Kier molecular flexibility index (Phi) is 5.66. The minimum Gasteiger partial charge on any atom is -0.459 e. The average Bonchev–Trinajstić information content (AvgIpc) is 3.29. The van der Waals surface area contributed by atoms with Crippen molar-refractivity contribution in [1.82, 2.24) is 19.6 Å². The molecule has 1 saturated heterocycles. The molecule has 3 aliphatic heterocycles. The number of amides is 3. The Morgan fingerprint density at radius 3 is 2.50 bits per heavy atom. The van der Waals surface area contributed by atoms with Crippen molar-refractivity contribution < 1.29 is 19.1 Å². The van der Waals surface area contributed by atoms with Crippen molar-refractivity contribution in [3.05, 3.63) is 47.3 Å². The zero-order valence-electron chi connectivity index (χ0n) is 19.1. The van der Waals surface area contributed by atoms with Crippen molar-refractivity contribution in [2.45, 2.75) is 59.0 Å². The summed E-state index contributed by atoms with van der Waals surface area (Å²) in [6, 6.07) is 8.22. The van der Waals surface area contributed by atoms with E-state index in [4.69, 9.17) is 9.73 Å². The lowest BCUT2D eigenvalue weighted by Crippen LogP contribution is -2.65. The Hall–Kier alpha value is -3.36. The number of benzene rings is 1. The topological polar surface area (TPSA) is 85.8 Å². The highest BCUT2D eigenvalue weighted by molar-refractivity contribution is 6.06. The summed E-state index contributed by atoms with van der Waals surface area (Å²) in [7, 11) is 1.61. The van der Waals surface area contributed by atoms with Crippen LogP contribution in [0.1, 0.15) is 39.7 Å². The second-order valence-electron chi connectivity index (χ2n) is 8.42. The summed E-state index contributed by atoms with van der Waals surface area (Å²) in [4.78, 5) is 50.0. The molecule has 9 nitrogen and oxygen atoms in total. The fraction of sp³-hybridized carbons (Fsp3) is 0.478. The number of aliphatic imine (C=N–C) groups is 1. The van der Waals surface area contributed by atoms with Crippen LogP contribution in [0.3, 0.4) is 0 Å². The SMILES string of the molecule is CCC(C)N1C2=NC3C(C(=O)N(CC(=O)OCc4ccccc4)C(=O)N3C)N2C(C)=C1C. The Bertz CT molecular complexity index is 1000. The molecule has 0 saturated carbocycles. The lowest BCUT2D eigenvalue weighted by molar-refractivity contribution is -0.151. The molecule has 1 aromatic carbocycles. The first-order chi connectivity index (χ1) is 15.3. The molecule has 3 heterocycles. The number of likely N-dealkylation sites (N-methyl/N-ethyl adjacent to an activating group) is 1. The number of fused-ring (bicyclic) bond motifs is 3. The van der Waals surface area contributed by atoms with Crippen LogP contribution in [0.25, 0.3) is 0 Å². The van der Waals surface area contributed by atoms with Gasteiger partial charge in [0, 0.05) is 24.5 Å². The first-order valence-electron chi connectivity index (χ1n) is 10.9. The van der Waals surface area contributed by atoms with Crippen LogP contribution in [0, 0.1) is 0 Å². The Labute approximate surface area is 187 Å². The van der Waals surface area contributed by atoms with E-state index in [-0.39, 0.29) is 12.6 Å². The van der Waals surface area contributed by atoms with Gasteiger partial charge < -0.3 is 14.5 Å². The third kappa shape index (κ3) is 3.41. The van der Waals surface area contributed by atoms with Crippen LogP contribution in [0.5, 0.6) is 0 Å². The number of hydrogen-bond donors (Lipinski definition) is 0. The van der Waals surface area contributed by atoms with Gasteiger partial charge >= 0.3 is 12.0 Å². The summed E-state index contributed by atoms with van der Waals surface area (Å²) in [5.41, 5.74) is 2.80. The third-order valence-electron chi connectivity index (χ3n) is 6.50. The largest absolute Gasteiger partial charge is 0.459 e. The predicted molar refractivity (Wildman–Crippen MR) is 118 cm³/mol. The highest BCUT2D eigenvalue weighted by Crippen LogP contribution is 2.38. The molecule has 0 radical (unpaired) electrons. The van der Waals surface area contributed by atoms with Gasteiger partial charge in [-0.3, -0.25) is 19.4 Å².